The molecule has 0 aromatic carbocycles. The molecule has 0 bridgehead atoms. The Morgan fingerprint density at radius 2 is 2.20 bits per heavy atom. The van der Waals surface area contributed by atoms with E-state index in [1.165, 1.54) is 23.2 Å². The molecule has 1 aliphatic carbocycles. The van der Waals surface area contributed by atoms with E-state index in [9.17, 15) is 19.1 Å². The second kappa shape index (κ2) is 4.85. The zero-order valence-corrected chi connectivity index (χ0v) is 10.8. The van der Waals surface area contributed by atoms with Crippen LogP contribution >= 0.6 is 0 Å². The Morgan fingerprint density at radius 3 is 2.90 bits per heavy atom. The van der Waals surface area contributed by atoms with Gasteiger partial charge in [-0.15, -0.1) is 0 Å². The van der Waals surface area contributed by atoms with Crippen molar-refractivity contribution in [3.63, 3.8) is 0 Å². The fraction of sp³-hybridized carbons (Fsp3) is 0.500. The van der Waals surface area contributed by atoms with E-state index in [4.69, 9.17) is 0 Å². The number of aliphatic carboxylic acids is 1. The number of pyridine rings is 1. The van der Waals surface area contributed by atoms with Gasteiger partial charge in [-0.05, 0) is 36.8 Å². The summed E-state index contributed by atoms with van der Waals surface area (Å²) in [6.07, 6.45) is 4.02. The van der Waals surface area contributed by atoms with E-state index < -0.39 is 23.9 Å². The van der Waals surface area contributed by atoms with Gasteiger partial charge < -0.3 is 10.0 Å². The van der Waals surface area contributed by atoms with Crippen molar-refractivity contribution < 1.29 is 19.1 Å². The zero-order valence-electron chi connectivity index (χ0n) is 10.8. The Labute approximate surface area is 115 Å². The summed E-state index contributed by atoms with van der Waals surface area (Å²) in [5, 5.41) is 9.39. The normalized spacial score (nSPS) is 28.4. The fourth-order valence-corrected chi connectivity index (χ4v) is 3.53. The molecule has 1 aromatic rings. The average Bonchev–Trinajstić information content (AvgIpc) is 2.97. The SMILES string of the molecule is O=C(O)C1C2CCCC2CN1C(=O)c1cccnc1F. The lowest BCUT2D eigenvalue weighted by Gasteiger charge is -2.24. The summed E-state index contributed by atoms with van der Waals surface area (Å²) in [6, 6.07) is 1.98. The molecule has 2 fully saturated rings. The summed E-state index contributed by atoms with van der Waals surface area (Å²) in [5.41, 5.74) is -0.154. The average molecular weight is 278 g/mol. The number of carboxylic acid groups (broad SMARTS) is 1. The molecule has 1 saturated heterocycles. The predicted molar refractivity (Wildman–Crippen MR) is 67.5 cm³/mol. The molecule has 5 nitrogen and oxygen atoms in total. The Balaban J connectivity index is 1.91. The van der Waals surface area contributed by atoms with Crippen LogP contribution in [0.3, 0.4) is 0 Å². The van der Waals surface area contributed by atoms with Crippen LogP contribution in [0.25, 0.3) is 0 Å². The number of amides is 1. The molecule has 3 unspecified atom stereocenters. The van der Waals surface area contributed by atoms with Crippen molar-refractivity contribution in [3.8, 4) is 0 Å². The summed E-state index contributed by atoms with van der Waals surface area (Å²) in [5.74, 6) is -2.20. The number of hydrogen-bond donors (Lipinski definition) is 1. The van der Waals surface area contributed by atoms with Gasteiger partial charge in [-0.25, -0.2) is 9.78 Å². The fourth-order valence-electron chi connectivity index (χ4n) is 3.53. The maximum Gasteiger partial charge on any atom is 0.326 e. The van der Waals surface area contributed by atoms with Gasteiger partial charge in [-0.1, -0.05) is 6.42 Å². The molecular formula is C14H15FN2O3. The van der Waals surface area contributed by atoms with Crippen LogP contribution < -0.4 is 0 Å². The molecule has 3 rings (SSSR count). The highest BCUT2D eigenvalue weighted by molar-refractivity contribution is 5.97. The largest absolute Gasteiger partial charge is 0.480 e. The first-order valence-electron chi connectivity index (χ1n) is 6.74. The number of rotatable bonds is 2. The van der Waals surface area contributed by atoms with Gasteiger partial charge in [0.25, 0.3) is 5.91 Å². The predicted octanol–water partition coefficient (Wildman–Crippen LogP) is 1.55. The van der Waals surface area contributed by atoms with Crippen molar-refractivity contribution in [2.45, 2.75) is 25.3 Å². The Morgan fingerprint density at radius 1 is 1.40 bits per heavy atom. The minimum Gasteiger partial charge on any atom is -0.480 e. The smallest absolute Gasteiger partial charge is 0.326 e. The lowest BCUT2D eigenvalue weighted by atomic mass is 9.94. The quantitative estimate of drug-likeness (QED) is 0.833. The molecule has 2 aliphatic rings. The van der Waals surface area contributed by atoms with Gasteiger partial charge in [-0.2, -0.15) is 4.39 Å². The van der Waals surface area contributed by atoms with E-state index in [0.717, 1.165) is 19.3 Å². The van der Waals surface area contributed by atoms with E-state index >= 15 is 0 Å². The standard InChI is InChI=1S/C14H15FN2O3/c15-12-10(5-2-6-16-12)13(18)17-7-8-3-1-4-9(8)11(17)14(19)20/h2,5-6,8-9,11H,1,3-4,7H2,(H,19,20). The van der Waals surface area contributed by atoms with E-state index in [2.05, 4.69) is 4.98 Å². The van der Waals surface area contributed by atoms with Crippen molar-refractivity contribution >= 4 is 11.9 Å². The van der Waals surface area contributed by atoms with Crippen molar-refractivity contribution in [2.24, 2.45) is 11.8 Å². The molecule has 1 N–H and O–H groups in total. The number of hydrogen-bond acceptors (Lipinski definition) is 3. The van der Waals surface area contributed by atoms with E-state index in [1.807, 2.05) is 0 Å². The summed E-state index contributed by atoms with van der Waals surface area (Å²) in [7, 11) is 0. The van der Waals surface area contributed by atoms with Gasteiger partial charge in [0.05, 0.1) is 5.56 Å². The van der Waals surface area contributed by atoms with Gasteiger partial charge in [0.2, 0.25) is 5.95 Å². The monoisotopic (exact) mass is 278 g/mol. The summed E-state index contributed by atoms with van der Waals surface area (Å²) < 4.78 is 13.6. The van der Waals surface area contributed by atoms with Crippen LogP contribution in [0.2, 0.25) is 0 Å². The third-order valence-electron chi connectivity index (χ3n) is 4.39. The minimum atomic E-state index is -1.00. The number of aromatic nitrogens is 1. The number of halogens is 1. The van der Waals surface area contributed by atoms with Crippen LogP contribution in [0.4, 0.5) is 4.39 Å². The highest BCUT2D eigenvalue weighted by Gasteiger charge is 2.49. The molecule has 1 amide bonds. The molecule has 0 radical (unpaired) electrons. The van der Waals surface area contributed by atoms with E-state index in [-0.39, 0.29) is 17.4 Å². The first kappa shape index (κ1) is 13.0. The zero-order chi connectivity index (χ0) is 14.3. The highest BCUT2D eigenvalue weighted by Crippen LogP contribution is 2.42. The Bertz CT molecular complexity index is 563. The second-order valence-corrected chi connectivity index (χ2v) is 5.44. The molecule has 1 saturated carbocycles. The molecule has 3 atom stereocenters. The number of carbonyl (C=O) groups excluding carboxylic acids is 1. The van der Waals surface area contributed by atoms with Crippen molar-refractivity contribution in [2.75, 3.05) is 6.54 Å². The van der Waals surface area contributed by atoms with Gasteiger partial charge in [-0.3, -0.25) is 4.79 Å². The molecule has 2 heterocycles. The lowest BCUT2D eigenvalue weighted by Crippen LogP contribution is -2.43. The van der Waals surface area contributed by atoms with Gasteiger partial charge >= 0.3 is 5.97 Å². The number of fused-ring (bicyclic) bond motifs is 1. The van der Waals surface area contributed by atoms with Crippen LogP contribution in [0.15, 0.2) is 18.3 Å². The highest BCUT2D eigenvalue weighted by atomic mass is 19.1. The number of likely N-dealkylation sites (tertiary alicyclic amines) is 1. The van der Waals surface area contributed by atoms with Crippen molar-refractivity contribution in [3.05, 3.63) is 29.8 Å². The summed E-state index contributed by atoms with van der Waals surface area (Å²) in [6.45, 7) is 0.398. The maximum atomic E-state index is 13.6. The van der Waals surface area contributed by atoms with Crippen LogP contribution in [0.1, 0.15) is 29.6 Å². The molecular weight excluding hydrogens is 263 g/mol. The second-order valence-electron chi connectivity index (χ2n) is 5.44. The van der Waals surface area contributed by atoms with E-state index in [1.54, 1.807) is 0 Å². The molecule has 106 valence electrons. The Kier molecular flexibility index (Phi) is 3.16. The topological polar surface area (TPSA) is 70.5 Å². The van der Waals surface area contributed by atoms with Crippen LogP contribution in [0, 0.1) is 17.8 Å². The number of nitrogens with zero attached hydrogens (tertiary/aromatic N) is 2. The van der Waals surface area contributed by atoms with Crippen LogP contribution in [0.5, 0.6) is 0 Å². The van der Waals surface area contributed by atoms with Gasteiger partial charge in [0.1, 0.15) is 6.04 Å². The van der Waals surface area contributed by atoms with Crippen molar-refractivity contribution in [1.29, 1.82) is 0 Å². The molecule has 20 heavy (non-hydrogen) atoms. The maximum absolute atomic E-state index is 13.6. The third-order valence-corrected chi connectivity index (χ3v) is 4.39. The summed E-state index contributed by atoms with van der Waals surface area (Å²) in [4.78, 5) is 28.6. The molecule has 6 heteroatoms. The van der Waals surface area contributed by atoms with Crippen LogP contribution in [-0.4, -0.2) is 39.5 Å². The van der Waals surface area contributed by atoms with Crippen molar-refractivity contribution in [1.82, 2.24) is 9.88 Å². The first-order valence-corrected chi connectivity index (χ1v) is 6.74. The molecule has 0 spiro atoms. The minimum absolute atomic E-state index is 0.00353. The summed E-state index contributed by atoms with van der Waals surface area (Å²) >= 11 is 0. The third kappa shape index (κ3) is 1.95. The van der Waals surface area contributed by atoms with Gasteiger partial charge in [0, 0.05) is 12.7 Å². The molecule has 1 aliphatic heterocycles. The number of carboxylic acids is 1. The lowest BCUT2D eigenvalue weighted by molar-refractivity contribution is -0.142. The van der Waals surface area contributed by atoms with Crippen LogP contribution in [-0.2, 0) is 4.79 Å². The molecule has 1 aromatic heterocycles. The van der Waals surface area contributed by atoms with Gasteiger partial charge in [0.15, 0.2) is 0 Å². The first-order chi connectivity index (χ1) is 9.59. The Hall–Kier alpha value is -1.98. The number of carbonyl (C=O) groups is 2. The van der Waals surface area contributed by atoms with E-state index in [0.29, 0.717) is 6.54 Å².